The molecule has 6 rings (SSSR count). The summed E-state index contributed by atoms with van der Waals surface area (Å²) >= 11 is 0. The maximum Gasteiger partial charge on any atom is 0.251 e. The lowest BCUT2D eigenvalue weighted by molar-refractivity contribution is 0.0953. The molecule has 5 aromatic rings. The molecule has 1 fully saturated rings. The number of aromatic nitrogens is 3. The Kier molecular flexibility index (Phi) is 14.1. The number of carbonyl (C=O) groups is 2. The van der Waals surface area contributed by atoms with Gasteiger partial charge in [0, 0.05) is 47.7 Å². The molecule has 0 aliphatic carbocycles. The van der Waals surface area contributed by atoms with E-state index in [0.29, 0.717) is 66.5 Å². The first kappa shape index (κ1) is 37.8. The van der Waals surface area contributed by atoms with Gasteiger partial charge >= 0.3 is 0 Å². The van der Waals surface area contributed by atoms with Crippen molar-refractivity contribution in [2.24, 2.45) is 0 Å². The zero-order valence-electron chi connectivity index (χ0n) is 29.5. The molecule has 11 heteroatoms. The molecule has 2 aromatic carbocycles. The molecule has 0 radical (unpaired) electrons. The molecule has 1 unspecified atom stereocenters. The lowest BCUT2D eigenvalue weighted by atomic mass is 10.0. The second kappa shape index (κ2) is 18.7. The van der Waals surface area contributed by atoms with Crippen LogP contribution in [0, 0.1) is 13.8 Å². The Bertz CT molecular complexity index is 1770. The monoisotopic (exact) mass is 682 g/mol. The standard InChI is InChI=1S/C23H25FN4O3.C9H14N2O.C7H8/c1-23(2,24)20-10-17(13-26-14-20)12-25-4-3-5-27-21(30)18-8-16(15-29)9-19(11-18)22-28-6-7-31-22;1-7-6-12-9(10-7)8-4-3-5-11(8)2;1-7-5-3-2-4-6-7/h6-11,13-15,25H,3-5,12H2,1-2H3,(H,27,30);6,8H,3-5H2,1-2H3;2-6H,1H3. The van der Waals surface area contributed by atoms with Crippen LogP contribution in [0.3, 0.4) is 0 Å². The van der Waals surface area contributed by atoms with Crippen LogP contribution >= 0.6 is 0 Å². The van der Waals surface area contributed by atoms with Crippen molar-refractivity contribution < 1.29 is 22.8 Å². The van der Waals surface area contributed by atoms with E-state index in [0.717, 1.165) is 23.7 Å². The van der Waals surface area contributed by atoms with Gasteiger partial charge in [-0.1, -0.05) is 35.9 Å². The minimum absolute atomic E-state index is 0.279. The summed E-state index contributed by atoms with van der Waals surface area (Å²) in [6.45, 7) is 9.89. The zero-order chi connectivity index (χ0) is 35.9. The van der Waals surface area contributed by atoms with Crippen LogP contribution in [0.5, 0.6) is 0 Å². The van der Waals surface area contributed by atoms with Crippen LogP contribution in [0.1, 0.15) is 88.1 Å². The van der Waals surface area contributed by atoms with E-state index in [-0.39, 0.29) is 5.91 Å². The van der Waals surface area contributed by atoms with Gasteiger partial charge in [-0.2, -0.15) is 0 Å². The first-order chi connectivity index (χ1) is 24.0. The highest BCUT2D eigenvalue weighted by atomic mass is 19.1. The second-order valence-electron chi connectivity index (χ2n) is 12.8. The van der Waals surface area contributed by atoms with E-state index in [2.05, 4.69) is 56.6 Å². The van der Waals surface area contributed by atoms with E-state index in [1.54, 1.807) is 30.7 Å². The third kappa shape index (κ3) is 11.9. The molecule has 1 aliphatic rings. The Morgan fingerprint density at radius 2 is 1.88 bits per heavy atom. The van der Waals surface area contributed by atoms with E-state index in [1.165, 1.54) is 57.0 Å². The highest BCUT2D eigenvalue weighted by molar-refractivity contribution is 5.97. The fourth-order valence-corrected chi connectivity index (χ4v) is 5.28. The van der Waals surface area contributed by atoms with E-state index < -0.39 is 5.67 Å². The van der Waals surface area contributed by atoms with Crippen LogP contribution in [0.2, 0.25) is 0 Å². The highest BCUT2D eigenvalue weighted by Gasteiger charge is 2.26. The molecule has 2 N–H and O–H groups in total. The average Bonchev–Trinajstić information content (AvgIpc) is 3.90. The molecule has 264 valence electrons. The number of nitrogens with zero attached hydrogens (tertiary/aromatic N) is 4. The number of hydrogen-bond donors (Lipinski definition) is 2. The Hall–Kier alpha value is -5.00. The molecule has 4 heterocycles. The number of aryl methyl sites for hydroxylation is 2. The second-order valence-corrected chi connectivity index (χ2v) is 12.8. The molecule has 1 atom stereocenters. The molecule has 50 heavy (non-hydrogen) atoms. The number of hydrogen-bond acceptors (Lipinski definition) is 9. The van der Waals surface area contributed by atoms with Crippen LogP contribution in [0.25, 0.3) is 11.5 Å². The molecule has 1 amide bonds. The molecule has 1 aliphatic heterocycles. The number of amides is 1. The van der Waals surface area contributed by atoms with Crippen LogP contribution in [-0.2, 0) is 12.2 Å². The van der Waals surface area contributed by atoms with Crippen LogP contribution in [0.15, 0.2) is 94.5 Å². The van der Waals surface area contributed by atoms with Crippen molar-refractivity contribution >= 4 is 12.2 Å². The van der Waals surface area contributed by atoms with Crippen molar-refractivity contribution in [1.82, 2.24) is 30.5 Å². The first-order valence-corrected chi connectivity index (χ1v) is 16.8. The first-order valence-electron chi connectivity index (χ1n) is 16.8. The van der Waals surface area contributed by atoms with Gasteiger partial charge < -0.3 is 19.5 Å². The lowest BCUT2D eigenvalue weighted by Crippen LogP contribution is -2.27. The molecule has 0 spiro atoms. The summed E-state index contributed by atoms with van der Waals surface area (Å²) in [5, 5.41) is 6.10. The number of nitrogens with one attached hydrogen (secondary N) is 2. The molecule has 0 saturated carbocycles. The molecule has 0 bridgehead atoms. The van der Waals surface area contributed by atoms with Crippen molar-refractivity contribution in [3.8, 4) is 11.5 Å². The van der Waals surface area contributed by atoms with Crippen molar-refractivity contribution in [3.63, 3.8) is 0 Å². The van der Waals surface area contributed by atoms with Gasteiger partial charge in [-0.3, -0.25) is 19.5 Å². The Morgan fingerprint density at radius 3 is 2.48 bits per heavy atom. The van der Waals surface area contributed by atoms with Gasteiger partial charge in [-0.15, -0.1) is 0 Å². The van der Waals surface area contributed by atoms with Gasteiger partial charge in [0.1, 0.15) is 24.5 Å². The van der Waals surface area contributed by atoms with Gasteiger partial charge in [0.25, 0.3) is 5.91 Å². The van der Waals surface area contributed by atoms with E-state index in [9.17, 15) is 14.0 Å². The van der Waals surface area contributed by atoms with Gasteiger partial charge in [-0.25, -0.2) is 14.4 Å². The predicted molar refractivity (Wildman–Crippen MR) is 191 cm³/mol. The fourth-order valence-electron chi connectivity index (χ4n) is 5.28. The summed E-state index contributed by atoms with van der Waals surface area (Å²) < 4.78 is 24.6. The smallest absolute Gasteiger partial charge is 0.251 e. The number of halogens is 1. The summed E-state index contributed by atoms with van der Waals surface area (Å²) in [6.07, 6.45) is 11.7. The fraction of sp³-hybridized carbons (Fsp3) is 0.359. The number of aldehydes is 1. The van der Waals surface area contributed by atoms with Crippen LogP contribution in [-0.4, -0.2) is 58.7 Å². The van der Waals surface area contributed by atoms with Gasteiger partial charge in [-0.05, 0) is 96.9 Å². The quantitative estimate of drug-likeness (QED) is 0.108. The largest absolute Gasteiger partial charge is 0.447 e. The Labute approximate surface area is 293 Å². The number of pyridine rings is 1. The minimum Gasteiger partial charge on any atom is -0.447 e. The predicted octanol–water partition coefficient (Wildman–Crippen LogP) is 7.41. The Balaban J connectivity index is 0.000000238. The highest BCUT2D eigenvalue weighted by Crippen LogP contribution is 2.29. The van der Waals surface area contributed by atoms with Gasteiger partial charge in [0.15, 0.2) is 0 Å². The average molecular weight is 683 g/mol. The number of oxazole rings is 2. The normalized spacial score (nSPS) is 14.2. The maximum atomic E-state index is 14.0. The molecular weight excluding hydrogens is 635 g/mol. The molecular formula is C39H47FN6O4. The van der Waals surface area contributed by atoms with Crippen molar-refractivity contribution in [1.29, 1.82) is 0 Å². The lowest BCUT2D eigenvalue weighted by Gasteiger charge is -2.15. The summed E-state index contributed by atoms with van der Waals surface area (Å²) in [5.74, 6) is 0.947. The van der Waals surface area contributed by atoms with Gasteiger partial charge in [0.05, 0.1) is 17.9 Å². The number of rotatable bonds is 11. The van der Waals surface area contributed by atoms with E-state index in [4.69, 9.17) is 8.83 Å². The summed E-state index contributed by atoms with van der Waals surface area (Å²) in [4.78, 5) is 38.5. The summed E-state index contributed by atoms with van der Waals surface area (Å²) in [7, 11) is 2.12. The molecule has 1 saturated heterocycles. The zero-order valence-corrected chi connectivity index (χ0v) is 29.5. The maximum absolute atomic E-state index is 14.0. The van der Waals surface area contributed by atoms with E-state index in [1.807, 2.05) is 25.1 Å². The summed E-state index contributed by atoms with van der Waals surface area (Å²) in [6, 6.07) is 17.3. The van der Waals surface area contributed by atoms with Crippen LogP contribution in [0.4, 0.5) is 4.39 Å². The minimum atomic E-state index is -1.43. The van der Waals surface area contributed by atoms with Crippen molar-refractivity contribution in [2.75, 3.05) is 26.7 Å². The number of likely N-dealkylation sites (tertiary alicyclic amines) is 1. The number of carbonyl (C=O) groups excluding carboxylic acids is 2. The number of alkyl halides is 1. The van der Waals surface area contributed by atoms with Gasteiger partial charge in [0.2, 0.25) is 11.8 Å². The SMILES string of the molecule is CC(C)(F)c1cncc(CNCCCNC(=O)c2cc(C=O)cc(-c3ncco3)c2)c1.Cc1ccccc1.Cc1coc(C2CCCN2C)n1. The van der Waals surface area contributed by atoms with E-state index >= 15 is 0 Å². The number of benzene rings is 2. The third-order valence-electron chi connectivity index (χ3n) is 8.04. The summed E-state index contributed by atoms with van der Waals surface area (Å²) in [5.41, 5.74) is 3.61. The third-order valence-corrected chi connectivity index (χ3v) is 8.04. The van der Waals surface area contributed by atoms with Crippen molar-refractivity contribution in [3.05, 3.63) is 125 Å². The van der Waals surface area contributed by atoms with Crippen LogP contribution < -0.4 is 10.6 Å². The molecule has 3 aromatic heterocycles. The van der Waals surface area contributed by atoms with Crippen molar-refractivity contribution in [2.45, 2.75) is 65.2 Å². The molecule has 10 nitrogen and oxygen atoms in total. The Morgan fingerprint density at radius 1 is 1.08 bits per heavy atom. The topological polar surface area (TPSA) is 126 Å².